The summed E-state index contributed by atoms with van der Waals surface area (Å²) in [5.41, 5.74) is 0.399. The van der Waals surface area contributed by atoms with Crippen molar-refractivity contribution in [3.05, 3.63) is 0 Å². The lowest BCUT2D eigenvalue weighted by molar-refractivity contribution is -0.141. The highest BCUT2D eigenvalue weighted by Crippen LogP contribution is 2.61. The molecule has 0 amide bonds. The minimum Gasteiger partial charge on any atom is -0.480 e. The third-order valence-corrected chi connectivity index (χ3v) is 6.33. The summed E-state index contributed by atoms with van der Waals surface area (Å²) in [7, 11) is 0. The summed E-state index contributed by atoms with van der Waals surface area (Å²) >= 11 is 0. The maximum Gasteiger partial charge on any atom is 0.320 e. The van der Waals surface area contributed by atoms with Crippen molar-refractivity contribution in [1.29, 1.82) is 0 Å². The summed E-state index contributed by atoms with van der Waals surface area (Å²) in [6.45, 7) is 4.31. The second-order valence-electron chi connectivity index (χ2n) is 7.85. The Balaban J connectivity index is 1.70. The zero-order valence-corrected chi connectivity index (χ0v) is 12.9. The average Bonchev–Trinajstić information content (AvgIpc) is 2.36. The molecule has 4 bridgehead atoms. The van der Waals surface area contributed by atoms with Crippen LogP contribution in [0.4, 0.5) is 0 Å². The molecule has 0 aromatic carbocycles. The van der Waals surface area contributed by atoms with E-state index in [2.05, 4.69) is 19.2 Å². The molecule has 2 atom stereocenters. The molecule has 4 aliphatic carbocycles. The highest BCUT2D eigenvalue weighted by Gasteiger charge is 2.53. The first kappa shape index (κ1) is 14.4. The van der Waals surface area contributed by atoms with Crippen molar-refractivity contribution in [1.82, 2.24) is 5.32 Å². The fourth-order valence-corrected chi connectivity index (χ4v) is 5.75. The highest BCUT2D eigenvalue weighted by atomic mass is 16.4. The van der Waals surface area contributed by atoms with E-state index in [1.54, 1.807) is 0 Å². The van der Waals surface area contributed by atoms with Gasteiger partial charge >= 0.3 is 5.97 Å². The van der Waals surface area contributed by atoms with Gasteiger partial charge in [0.1, 0.15) is 6.04 Å². The summed E-state index contributed by atoms with van der Waals surface area (Å²) in [5.74, 6) is 2.11. The molecule has 2 N–H and O–H groups in total. The average molecular weight is 279 g/mol. The Kier molecular flexibility index (Phi) is 3.83. The smallest absolute Gasteiger partial charge is 0.320 e. The summed E-state index contributed by atoms with van der Waals surface area (Å²) in [4.78, 5) is 11.4. The lowest BCUT2D eigenvalue weighted by Gasteiger charge is -2.59. The van der Waals surface area contributed by atoms with Gasteiger partial charge < -0.3 is 10.4 Å². The van der Waals surface area contributed by atoms with Gasteiger partial charge in [-0.05, 0) is 75.0 Å². The summed E-state index contributed by atoms with van der Waals surface area (Å²) in [6, 6.07) is -0.00782. The molecule has 0 spiro atoms. The maximum absolute atomic E-state index is 11.4. The Bertz CT molecular complexity index is 344. The Labute approximate surface area is 122 Å². The zero-order chi connectivity index (χ0) is 14.3. The van der Waals surface area contributed by atoms with E-state index in [0.29, 0.717) is 11.5 Å². The van der Waals surface area contributed by atoms with Crippen molar-refractivity contribution in [3.63, 3.8) is 0 Å². The first-order valence-corrected chi connectivity index (χ1v) is 8.51. The molecule has 0 heterocycles. The lowest BCUT2D eigenvalue weighted by Crippen LogP contribution is -2.57. The molecular weight excluding hydrogens is 250 g/mol. The predicted octanol–water partition coefficient (Wildman–Crippen LogP) is 3.43. The Morgan fingerprint density at radius 1 is 1.20 bits per heavy atom. The number of carboxylic acids is 1. The van der Waals surface area contributed by atoms with Crippen molar-refractivity contribution in [2.45, 2.75) is 77.3 Å². The molecule has 0 aliphatic heterocycles. The van der Waals surface area contributed by atoms with E-state index < -0.39 is 5.97 Å². The molecule has 0 aromatic heterocycles. The van der Waals surface area contributed by atoms with E-state index in [4.69, 9.17) is 0 Å². The van der Waals surface area contributed by atoms with Gasteiger partial charge in [0.25, 0.3) is 0 Å². The van der Waals surface area contributed by atoms with Crippen LogP contribution in [0.3, 0.4) is 0 Å². The zero-order valence-electron chi connectivity index (χ0n) is 12.9. The van der Waals surface area contributed by atoms with Gasteiger partial charge in [-0.1, -0.05) is 13.3 Å². The predicted molar refractivity (Wildman–Crippen MR) is 79.5 cm³/mol. The minimum atomic E-state index is -0.677. The van der Waals surface area contributed by atoms with E-state index in [1.807, 2.05) is 0 Å². The van der Waals surface area contributed by atoms with Crippen molar-refractivity contribution in [3.8, 4) is 0 Å². The number of hydrogen-bond donors (Lipinski definition) is 2. The van der Waals surface area contributed by atoms with E-state index >= 15 is 0 Å². The Hall–Kier alpha value is -0.570. The number of carboxylic acid groups (broad SMARTS) is 1. The van der Waals surface area contributed by atoms with Crippen LogP contribution in [0.1, 0.15) is 65.2 Å². The number of hydrogen-bond acceptors (Lipinski definition) is 2. The summed E-state index contributed by atoms with van der Waals surface area (Å²) < 4.78 is 0. The maximum atomic E-state index is 11.4. The van der Waals surface area contributed by atoms with Crippen LogP contribution in [0.15, 0.2) is 0 Å². The van der Waals surface area contributed by atoms with Crippen molar-refractivity contribution >= 4 is 5.97 Å². The monoisotopic (exact) mass is 279 g/mol. The molecular formula is C17H29NO2. The number of aliphatic carboxylic acids is 1. The largest absolute Gasteiger partial charge is 0.480 e. The molecule has 4 rings (SSSR count). The van der Waals surface area contributed by atoms with Gasteiger partial charge in [-0.25, -0.2) is 0 Å². The molecule has 114 valence electrons. The van der Waals surface area contributed by atoms with Gasteiger partial charge in [0.15, 0.2) is 0 Å². The Morgan fingerprint density at radius 2 is 1.70 bits per heavy atom. The fraction of sp³-hybridized carbons (Fsp3) is 0.941. The van der Waals surface area contributed by atoms with E-state index in [0.717, 1.165) is 30.6 Å². The first-order valence-electron chi connectivity index (χ1n) is 8.51. The van der Waals surface area contributed by atoms with E-state index in [9.17, 15) is 9.90 Å². The number of rotatable bonds is 6. The fourth-order valence-electron chi connectivity index (χ4n) is 5.75. The van der Waals surface area contributed by atoms with Crippen LogP contribution in [0, 0.1) is 23.2 Å². The second kappa shape index (κ2) is 5.32. The molecule has 2 unspecified atom stereocenters. The molecule has 3 heteroatoms. The third kappa shape index (κ3) is 2.49. The van der Waals surface area contributed by atoms with Crippen molar-refractivity contribution in [2.24, 2.45) is 23.2 Å². The third-order valence-electron chi connectivity index (χ3n) is 6.33. The van der Waals surface area contributed by atoms with Gasteiger partial charge in [-0.15, -0.1) is 0 Å². The van der Waals surface area contributed by atoms with Crippen molar-refractivity contribution < 1.29 is 9.90 Å². The Morgan fingerprint density at radius 3 is 2.10 bits per heavy atom. The second-order valence-corrected chi connectivity index (χ2v) is 7.85. The number of nitrogens with one attached hydrogen (secondary N) is 1. The molecule has 4 saturated carbocycles. The molecule has 4 fully saturated rings. The van der Waals surface area contributed by atoms with Crippen LogP contribution >= 0.6 is 0 Å². The molecule has 0 saturated heterocycles. The SMILES string of the molecule is CCCC(NC(C)C12CC3CC(CC(C3)C1)C2)C(=O)O. The lowest BCUT2D eigenvalue weighted by atomic mass is 9.48. The van der Waals surface area contributed by atoms with Gasteiger partial charge in [0, 0.05) is 6.04 Å². The van der Waals surface area contributed by atoms with Gasteiger partial charge in [-0.2, -0.15) is 0 Å². The first-order chi connectivity index (χ1) is 9.52. The molecule has 3 nitrogen and oxygen atoms in total. The summed E-state index contributed by atoms with van der Waals surface area (Å²) in [6.07, 6.45) is 10.0. The standard InChI is InChI=1S/C17H29NO2/c1-3-4-15(16(19)20)18-11(2)17-8-12-5-13(9-17)7-14(6-12)10-17/h11-15,18H,3-10H2,1-2H3,(H,19,20). The van der Waals surface area contributed by atoms with E-state index in [-0.39, 0.29) is 6.04 Å². The van der Waals surface area contributed by atoms with Crippen molar-refractivity contribution in [2.75, 3.05) is 0 Å². The van der Waals surface area contributed by atoms with Crippen LogP contribution in [-0.4, -0.2) is 23.2 Å². The topological polar surface area (TPSA) is 49.3 Å². The van der Waals surface area contributed by atoms with Crippen LogP contribution in [0.5, 0.6) is 0 Å². The summed E-state index contributed by atoms with van der Waals surface area (Å²) in [5, 5.41) is 12.8. The van der Waals surface area contributed by atoms with E-state index in [1.165, 1.54) is 38.5 Å². The van der Waals surface area contributed by atoms with Crippen LogP contribution in [0.25, 0.3) is 0 Å². The van der Waals surface area contributed by atoms with Crippen LogP contribution < -0.4 is 5.32 Å². The van der Waals surface area contributed by atoms with Gasteiger partial charge in [0.2, 0.25) is 0 Å². The molecule has 0 radical (unpaired) electrons. The normalized spacial score (nSPS) is 41.6. The quantitative estimate of drug-likeness (QED) is 0.783. The van der Waals surface area contributed by atoms with Crippen LogP contribution in [0.2, 0.25) is 0 Å². The molecule has 20 heavy (non-hydrogen) atoms. The van der Waals surface area contributed by atoms with Gasteiger partial charge in [-0.3, -0.25) is 4.79 Å². The highest BCUT2D eigenvalue weighted by molar-refractivity contribution is 5.73. The molecule has 4 aliphatic rings. The number of carbonyl (C=O) groups is 1. The minimum absolute atomic E-state index is 0.351. The van der Waals surface area contributed by atoms with Gasteiger partial charge in [0.05, 0.1) is 0 Å². The van der Waals surface area contributed by atoms with Crippen LogP contribution in [-0.2, 0) is 4.79 Å². The molecule has 0 aromatic rings.